The maximum Gasteiger partial charge on any atom is 0.169 e. The lowest BCUT2D eigenvalue weighted by atomic mass is 9.81. The maximum atomic E-state index is 12.9. The Bertz CT molecular complexity index is 910. The smallest absolute Gasteiger partial charge is 0.169 e. The molecule has 0 aromatic heterocycles. The summed E-state index contributed by atoms with van der Waals surface area (Å²) >= 11 is 6.27. The van der Waals surface area contributed by atoms with E-state index >= 15 is 0 Å². The average Bonchev–Trinajstić information content (AvgIpc) is 3.05. The lowest BCUT2D eigenvalue weighted by Gasteiger charge is -2.23. The van der Waals surface area contributed by atoms with Gasteiger partial charge in [-0.05, 0) is 73.1 Å². The molecule has 0 saturated heterocycles. The number of aryl methyl sites for hydroxylation is 2. The van der Waals surface area contributed by atoms with E-state index < -0.39 is 0 Å². The van der Waals surface area contributed by atoms with Crippen LogP contribution in [0.25, 0.3) is 16.7 Å². The molecule has 2 aliphatic carbocycles. The fraction of sp³-hybridized carbons (Fsp3) is 0.318. The molecule has 0 radical (unpaired) electrons. The van der Waals surface area contributed by atoms with E-state index in [-0.39, 0.29) is 17.6 Å². The summed E-state index contributed by atoms with van der Waals surface area (Å²) < 4.78 is 0. The van der Waals surface area contributed by atoms with Crippen molar-refractivity contribution in [2.24, 2.45) is 11.8 Å². The van der Waals surface area contributed by atoms with Crippen LogP contribution in [0.2, 0.25) is 5.02 Å². The zero-order valence-electron chi connectivity index (χ0n) is 14.5. The first-order valence-electron chi connectivity index (χ1n) is 8.80. The van der Waals surface area contributed by atoms with Gasteiger partial charge in [0.2, 0.25) is 0 Å². The van der Waals surface area contributed by atoms with Gasteiger partial charge in [0, 0.05) is 16.9 Å². The highest BCUT2D eigenvalue weighted by Gasteiger charge is 2.41. The molecule has 0 amide bonds. The van der Waals surface area contributed by atoms with Crippen LogP contribution < -0.4 is 0 Å². The monoisotopic (exact) mass is 352 g/mol. The third-order valence-corrected chi connectivity index (χ3v) is 6.11. The number of carbonyl (C=O) groups excluding carboxylic acids is 1. The molecule has 2 aliphatic rings. The first kappa shape index (κ1) is 16.4. The summed E-state index contributed by atoms with van der Waals surface area (Å²) in [6.07, 6.45) is 2.61. The predicted molar refractivity (Wildman–Crippen MR) is 102 cm³/mol. The number of halogens is 1. The van der Waals surface area contributed by atoms with Gasteiger partial charge in [0.25, 0.3) is 0 Å². The summed E-state index contributed by atoms with van der Waals surface area (Å²) in [5.41, 5.74) is 5.47. The van der Waals surface area contributed by atoms with Crippen LogP contribution in [0.3, 0.4) is 0 Å². The Hall–Kier alpha value is -2.06. The molecular formula is C22H21ClO2. The fourth-order valence-corrected chi connectivity index (χ4v) is 4.30. The Balaban J connectivity index is 1.84. The van der Waals surface area contributed by atoms with Crippen molar-refractivity contribution in [3.8, 4) is 11.1 Å². The molecule has 0 spiro atoms. The molecule has 2 nitrogen and oxygen atoms in total. The highest BCUT2D eigenvalue weighted by Crippen LogP contribution is 2.46. The minimum absolute atomic E-state index is 0.0766. The van der Waals surface area contributed by atoms with E-state index in [2.05, 4.69) is 0 Å². The quantitative estimate of drug-likeness (QED) is 0.731. The van der Waals surface area contributed by atoms with Crippen LogP contribution in [0.15, 0.2) is 42.2 Å². The molecule has 2 unspecified atom stereocenters. The summed E-state index contributed by atoms with van der Waals surface area (Å²) in [5.74, 6) is 0.622. The first-order chi connectivity index (χ1) is 12.0. The van der Waals surface area contributed by atoms with E-state index in [1.54, 1.807) is 0 Å². The van der Waals surface area contributed by atoms with Crippen molar-refractivity contribution in [1.29, 1.82) is 0 Å². The van der Waals surface area contributed by atoms with Gasteiger partial charge in [0.15, 0.2) is 5.78 Å². The Morgan fingerprint density at radius 1 is 0.960 bits per heavy atom. The second-order valence-corrected chi connectivity index (χ2v) is 7.73. The number of hydrogen-bond donors (Lipinski definition) is 1. The standard InChI is InChI=1S/C22H21ClO2/c1-12-3-5-14(15-6-4-13(2)19(23)11-15)10-18(12)20-21(24)16-7-8-17(9-16)22(20)25/h3-6,10-11,16-17,24H,7-9H2,1-2H3. The molecule has 25 heavy (non-hydrogen) atoms. The lowest BCUT2D eigenvalue weighted by molar-refractivity contribution is -0.117. The Morgan fingerprint density at radius 3 is 2.32 bits per heavy atom. The third kappa shape index (κ3) is 2.69. The average molecular weight is 353 g/mol. The Labute approximate surface area is 153 Å². The summed E-state index contributed by atoms with van der Waals surface area (Å²) in [5, 5.41) is 11.4. The Morgan fingerprint density at radius 2 is 1.60 bits per heavy atom. The maximum absolute atomic E-state index is 12.9. The number of benzene rings is 2. The number of fused-ring (bicyclic) bond motifs is 2. The van der Waals surface area contributed by atoms with Gasteiger partial charge in [0.05, 0.1) is 5.57 Å². The van der Waals surface area contributed by atoms with E-state index in [1.165, 1.54) is 0 Å². The number of aliphatic hydroxyl groups excluding tert-OH is 1. The highest BCUT2D eigenvalue weighted by molar-refractivity contribution is 6.31. The number of Topliss-reactive ketones (excluding diaryl/α,β-unsaturated/α-hetero) is 1. The topological polar surface area (TPSA) is 37.3 Å². The molecule has 3 heteroatoms. The minimum Gasteiger partial charge on any atom is -0.511 e. The fourth-order valence-electron chi connectivity index (χ4n) is 4.12. The van der Waals surface area contributed by atoms with E-state index in [4.69, 9.17) is 11.6 Å². The number of rotatable bonds is 2. The SMILES string of the molecule is Cc1ccc(-c2ccc(C)c(C3=C(O)C4CCC(C4)C3=O)c2)cc1Cl. The zero-order chi connectivity index (χ0) is 17.7. The van der Waals surface area contributed by atoms with Gasteiger partial charge in [-0.3, -0.25) is 4.79 Å². The number of carbonyl (C=O) groups is 1. The second kappa shape index (κ2) is 6.03. The molecule has 0 aliphatic heterocycles. The normalized spacial score (nSPS) is 22.6. The van der Waals surface area contributed by atoms with Gasteiger partial charge in [-0.25, -0.2) is 0 Å². The van der Waals surface area contributed by atoms with Crippen molar-refractivity contribution < 1.29 is 9.90 Å². The number of aliphatic hydroxyl groups is 1. The van der Waals surface area contributed by atoms with Crippen LogP contribution in [0, 0.1) is 25.7 Å². The van der Waals surface area contributed by atoms with Crippen molar-refractivity contribution >= 4 is 23.0 Å². The van der Waals surface area contributed by atoms with Crippen LogP contribution in [-0.4, -0.2) is 10.9 Å². The third-order valence-electron chi connectivity index (χ3n) is 5.70. The second-order valence-electron chi connectivity index (χ2n) is 7.33. The first-order valence-corrected chi connectivity index (χ1v) is 9.18. The van der Waals surface area contributed by atoms with E-state index in [9.17, 15) is 9.90 Å². The molecule has 2 atom stereocenters. The number of ketones is 1. The molecule has 2 bridgehead atoms. The molecule has 2 aromatic carbocycles. The van der Waals surface area contributed by atoms with Crippen LogP contribution in [0.1, 0.15) is 36.0 Å². The summed E-state index contributed by atoms with van der Waals surface area (Å²) in [4.78, 5) is 12.9. The lowest BCUT2D eigenvalue weighted by Crippen LogP contribution is -2.21. The molecule has 1 saturated carbocycles. The molecule has 128 valence electrons. The molecular weight excluding hydrogens is 332 g/mol. The largest absolute Gasteiger partial charge is 0.511 e. The molecule has 1 N–H and O–H groups in total. The van der Waals surface area contributed by atoms with Crippen LogP contribution in [-0.2, 0) is 4.79 Å². The van der Waals surface area contributed by atoms with Gasteiger partial charge >= 0.3 is 0 Å². The van der Waals surface area contributed by atoms with Crippen LogP contribution in [0.5, 0.6) is 0 Å². The summed E-state index contributed by atoms with van der Waals surface area (Å²) in [7, 11) is 0. The van der Waals surface area contributed by atoms with Gasteiger partial charge in [-0.2, -0.15) is 0 Å². The van der Waals surface area contributed by atoms with Crippen molar-refractivity contribution in [3.63, 3.8) is 0 Å². The van der Waals surface area contributed by atoms with Gasteiger partial charge in [-0.15, -0.1) is 0 Å². The van der Waals surface area contributed by atoms with Gasteiger partial charge in [0.1, 0.15) is 5.76 Å². The summed E-state index contributed by atoms with van der Waals surface area (Å²) in [6.45, 7) is 3.97. The van der Waals surface area contributed by atoms with Crippen molar-refractivity contribution in [2.45, 2.75) is 33.1 Å². The van der Waals surface area contributed by atoms with Crippen LogP contribution in [0.4, 0.5) is 0 Å². The number of allylic oxidation sites excluding steroid dienone is 2. The molecule has 0 heterocycles. The van der Waals surface area contributed by atoms with Crippen LogP contribution >= 0.6 is 11.6 Å². The van der Waals surface area contributed by atoms with Crippen molar-refractivity contribution in [1.82, 2.24) is 0 Å². The molecule has 1 fully saturated rings. The van der Waals surface area contributed by atoms with Gasteiger partial charge < -0.3 is 5.11 Å². The van der Waals surface area contributed by atoms with Gasteiger partial charge in [-0.1, -0.05) is 35.9 Å². The molecule has 4 rings (SSSR count). The molecule has 2 aromatic rings. The number of hydrogen-bond acceptors (Lipinski definition) is 2. The zero-order valence-corrected chi connectivity index (χ0v) is 15.2. The van der Waals surface area contributed by atoms with Crippen molar-refractivity contribution in [2.75, 3.05) is 0 Å². The van der Waals surface area contributed by atoms with E-state index in [0.29, 0.717) is 11.3 Å². The Kier molecular flexibility index (Phi) is 3.96. The van der Waals surface area contributed by atoms with E-state index in [1.807, 2.05) is 50.2 Å². The summed E-state index contributed by atoms with van der Waals surface area (Å²) in [6, 6.07) is 12.1. The minimum atomic E-state index is 0.0766. The highest BCUT2D eigenvalue weighted by atomic mass is 35.5. The van der Waals surface area contributed by atoms with E-state index in [0.717, 1.165) is 52.1 Å². The van der Waals surface area contributed by atoms with Crippen molar-refractivity contribution in [3.05, 3.63) is 63.9 Å². The predicted octanol–water partition coefficient (Wildman–Crippen LogP) is 5.89.